The van der Waals surface area contributed by atoms with Gasteiger partial charge in [-0.15, -0.1) is 0 Å². The third-order valence-corrected chi connectivity index (χ3v) is 3.61. The minimum absolute atomic E-state index is 0.155. The highest BCUT2D eigenvalue weighted by Crippen LogP contribution is 2.35. The van der Waals surface area contributed by atoms with Crippen LogP contribution in [0.3, 0.4) is 0 Å². The second-order valence-corrected chi connectivity index (χ2v) is 5.54. The molecule has 1 aliphatic rings. The molecule has 0 amide bonds. The molecule has 3 rings (SSSR count). The third kappa shape index (κ3) is 2.88. The molecule has 0 bridgehead atoms. The number of ketones is 1. The van der Waals surface area contributed by atoms with Gasteiger partial charge in [0.25, 0.3) is 0 Å². The van der Waals surface area contributed by atoms with Crippen LogP contribution in [0.5, 0.6) is 17.2 Å². The molecule has 0 saturated carbocycles. The maximum Gasteiger partial charge on any atom is 0.343 e. The Hall–Kier alpha value is -3.08. The Labute approximate surface area is 139 Å². The van der Waals surface area contributed by atoms with Crippen LogP contribution >= 0.6 is 0 Å². The molecule has 0 atom stereocenters. The van der Waals surface area contributed by atoms with Gasteiger partial charge in [-0.3, -0.25) is 4.79 Å². The molecule has 1 heterocycles. The zero-order valence-corrected chi connectivity index (χ0v) is 13.6. The lowest BCUT2D eigenvalue weighted by atomic mass is 10.1. The second kappa shape index (κ2) is 6.20. The molecule has 1 aliphatic heterocycles. The number of carbonyl (C=O) groups excluding carboxylic acids is 2. The molecule has 0 saturated heterocycles. The van der Waals surface area contributed by atoms with Gasteiger partial charge in [-0.2, -0.15) is 0 Å². The number of rotatable bonds is 3. The Kier molecular flexibility index (Phi) is 4.08. The van der Waals surface area contributed by atoms with Crippen LogP contribution in [-0.2, 0) is 0 Å². The van der Waals surface area contributed by atoms with Gasteiger partial charge in [0.15, 0.2) is 5.76 Å². The summed E-state index contributed by atoms with van der Waals surface area (Å²) in [5.41, 5.74) is 1.67. The molecule has 5 nitrogen and oxygen atoms in total. The molecule has 0 fully saturated rings. The first-order valence-electron chi connectivity index (χ1n) is 7.40. The first-order chi connectivity index (χ1) is 11.5. The van der Waals surface area contributed by atoms with Gasteiger partial charge >= 0.3 is 5.97 Å². The van der Waals surface area contributed by atoms with Crippen LogP contribution < -0.4 is 14.2 Å². The van der Waals surface area contributed by atoms with Crippen LogP contribution in [0.4, 0.5) is 0 Å². The zero-order valence-electron chi connectivity index (χ0n) is 13.6. The second-order valence-electron chi connectivity index (χ2n) is 5.54. The highest BCUT2D eigenvalue weighted by molar-refractivity contribution is 6.12. The largest absolute Gasteiger partial charge is 0.497 e. The SMILES string of the molecule is COc1ccc(C(=O)Oc2ccc3c(c2)OC(=C(C)C)C3=O)cc1. The van der Waals surface area contributed by atoms with Crippen LogP contribution in [0.1, 0.15) is 34.6 Å². The fourth-order valence-corrected chi connectivity index (χ4v) is 2.34. The van der Waals surface area contributed by atoms with E-state index in [0.717, 1.165) is 5.57 Å². The van der Waals surface area contributed by atoms with Crippen molar-refractivity contribution >= 4 is 11.8 Å². The van der Waals surface area contributed by atoms with Crippen molar-refractivity contribution in [3.8, 4) is 17.2 Å². The average molecular weight is 324 g/mol. The number of carbonyl (C=O) groups is 2. The molecule has 0 aromatic heterocycles. The quantitative estimate of drug-likeness (QED) is 0.488. The number of methoxy groups -OCH3 is 1. The van der Waals surface area contributed by atoms with Gasteiger partial charge in [0.05, 0.1) is 18.2 Å². The maximum atomic E-state index is 12.2. The van der Waals surface area contributed by atoms with Crippen LogP contribution in [-0.4, -0.2) is 18.9 Å². The third-order valence-electron chi connectivity index (χ3n) is 3.61. The molecular formula is C19H16O5. The van der Waals surface area contributed by atoms with E-state index in [1.54, 1.807) is 49.6 Å². The zero-order chi connectivity index (χ0) is 17.3. The van der Waals surface area contributed by atoms with Gasteiger partial charge in [-0.1, -0.05) is 0 Å². The summed E-state index contributed by atoms with van der Waals surface area (Å²) in [5.74, 6) is 1.05. The van der Waals surface area contributed by atoms with E-state index in [0.29, 0.717) is 34.1 Å². The lowest BCUT2D eigenvalue weighted by Crippen LogP contribution is -2.08. The number of benzene rings is 2. The van der Waals surface area contributed by atoms with Crippen LogP contribution in [0.2, 0.25) is 0 Å². The first-order valence-corrected chi connectivity index (χ1v) is 7.40. The fourth-order valence-electron chi connectivity index (χ4n) is 2.34. The van der Waals surface area contributed by atoms with Gasteiger partial charge in [0, 0.05) is 6.07 Å². The molecule has 0 spiro atoms. The van der Waals surface area contributed by atoms with E-state index in [1.165, 1.54) is 0 Å². The molecule has 2 aromatic carbocycles. The van der Waals surface area contributed by atoms with Crippen molar-refractivity contribution < 1.29 is 23.8 Å². The summed E-state index contributed by atoms with van der Waals surface area (Å²) < 4.78 is 16.0. The predicted molar refractivity (Wildman–Crippen MR) is 87.7 cm³/mol. The summed E-state index contributed by atoms with van der Waals surface area (Å²) in [6, 6.07) is 11.3. The summed E-state index contributed by atoms with van der Waals surface area (Å²) in [6.45, 7) is 3.62. The van der Waals surface area contributed by atoms with E-state index < -0.39 is 5.97 Å². The van der Waals surface area contributed by atoms with Crippen molar-refractivity contribution in [2.24, 2.45) is 0 Å². The van der Waals surface area contributed by atoms with Gasteiger partial charge in [-0.25, -0.2) is 4.79 Å². The van der Waals surface area contributed by atoms with Crippen LogP contribution in [0.25, 0.3) is 0 Å². The van der Waals surface area contributed by atoms with E-state index in [4.69, 9.17) is 14.2 Å². The number of hydrogen-bond donors (Lipinski definition) is 0. The number of esters is 1. The number of ether oxygens (including phenoxy) is 3. The van der Waals surface area contributed by atoms with Crippen molar-refractivity contribution in [2.75, 3.05) is 7.11 Å². The summed E-state index contributed by atoms with van der Waals surface area (Å²) in [7, 11) is 1.56. The monoisotopic (exact) mass is 324 g/mol. The molecule has 2 aromatic rings. The maximum absolute atomic E-state index is 12.2. The first kappa shape index (κ1) is 15.8. The number of fused-ring (bicyclic) bond motifs is 1. The smallest absolute Gasteiger partial charge is 0.343 e. The number of hydrogen-bond acceptors (Lipinski definition) is 5. The Bertz CT molecular complexity index is 843. The standard InChI is InChI=1S/C19H16O5/c1-11(2)18-17(20)15-9-8-14(10-16(15)24-18)23-19(21)12-4-6-13(22-3)7-5-12/h4-10H,1-3H3. The lowest BCUT2D eigenvalue weighted by molar-refractivity contribution is 0.0734. The van der Waals surface area contributed by atoms with E-state index >= 15 is 0 Å². The molecule has 24 heavy (non-hydrogen) atoms. The lowest BCUT2D eigenvalue weighted by Gasteiger charge is -2.06. The van der Waals surface area contributed by atoms with Crippen LogP contribution in [0, 0.1) is 0 Å². The highest BCUT2D eigenvalue weighted by Gasteiger charge is 2.28. The van der Waals surface area contributed by atoms with Crippen LogP contribution in [0.15, 0.2) is 53.8 Å². The van der Waals surface area contributed by atoms with E-state index in [9.17, 15) is 9.59 Å². The number of Topliss-reactive ketones (excluding diaryl/α,β-unsaturated/α-hetero) is 1. The van der Waals surface area contributed by atoms with Crippen molar-refractivity contribution in [3.63, 3.8) is 0 Å². The highest BCUT2D eigenvalue weighted by atomic mass is 16.5. The Morgan fingerprint density at radius 3 is 2.29 bits per heavy atom. The molecule has 0 radical (unpaired) electrons. The Balaban J connectivity index is 1.80. The van der Waals surface area contributed by atoms with Crippen molar-refractivity contribution in [1.29, 1.82) is 0 Å². The van der Waals surface area contributed by atoms with Gasteiger partial charge in [0.1, 0.15) is 17.2 Å². The summed E-state index contributed by atoms with van der Waals surface area (Å²) in [6.07, 6.45) is 0. The summed E-state index contributed by atoms with van der Waals surface area (Å²) >= 11 is 0. The molecular weight excluding hydrogens is 308 g/mol. The molecule has 122 valence electrons. The van der Waals surface area contributed by atoms with Gasteiger partial charge in [0.2, 0.25) is 5.78 Å². The van der Waals surface area contributed by atoms with Crippen molar-refractivity contribution in [3.05, 3.63) is 64.9 Å². The molecule has 0 N–H and O–H groups in total. The van der Waals surface area contributed by atoms with Gasteiger partial charge in [-0.05, 0) is 55.8 Å². The molecule has 5 heteroatoms. The Morgan fingerprint density at radius 1 is 1.00 bits per heavy atom. The molecule has 0 aliphatic carbocycles. The van der Waals surface area contributed by atoms with E-state index in [1.807, 2.05) is 13.8 Å². The minimum Gasteiger partial charge on any atom is -0.497 e. The predicted octanol–water partition coefficient (Wildman–Crippen LogP) is 3.78. The van der Waals surface area contributed by atoms with Crippen molar-refractivity contribution in [2.45, 2.75) is 13.8 Å². The summed E-state index contributed by atoms with van der Waals surface area (Å²) in [4.78, 5) is 24.3. The van der Waals surface area contributed by atoms with Gasteiger partial charge < -0.3 is 14.2 Å². The summed E-state index contributed by atoms with van der Waals surface area (Å²) in [5, 5.41) is 0. The Morgan fingerprint density at radius 2 is 1.67 bits per heavy atom. The number of allylic oxidation sites excluding steroid dienone is 2. The topological polar surface area (TPSA) is 61.8 Å². The molecule has 0 unspecified atom stereocenters. The normalized spacial score (nSPS) is 12.5. The average Bonchev–Trinajstić information content (AvgIpc) is 2.91. The van der Waals surface area contributed by atoms with Crippen molar-refractivity contribution in [1.82, 2.24) is 0 Å². The fraction of sp³-hybridized carbons (Fsp3) is 0.158. The van der Waals surface area contributed by atoms with E-state index in [2.05, 4.69) is 0 Å². The minimum atomic E-state index is -0.496. The van der Waals surface area contributed by atoms with E-state index in [-0.39, 0.29) is 5.78 Å².